The minimum absolute atomic E-state index is 0.0772. The average Bonchev–Trinajstić information content (AvgIpc) is 2.45. The van der Waals surface area contributed by atoms with Gasteiger partial charge in [0.2, 0.25) is 0 Å². The standard InChI is InChI=1S/C15H17F2NO3/c16-14(17)21-12-5-2-1-4-11(12)13(19)18-8-9-20-15(10-18)6-3-7-15/h1-2,4-5,14H,3,6-10H2. The molecule has 6 heteroatoms. The molecular weight excluding hydrogens is 280 g/mol. The number of rotatable bonds is 3. The van der Waals surface area contributed by atoms with E-state index in [1.54, 1.807) is 17.0 Å². The number of hydrogen-bond donors (Lipinski definition) is 0. The predicted molar refractivity (Wildman–Crippen MR) is 71.5 cm³/mol. The van der Waals surface area contributed by atoms with Crippen molar-refractivity contribution in [3.63, 3.8) is 0 Å². The lowest BCUT2D eigenvalue weighted by Crippen LogP contribution is -2.57. The fraction of sp³-hybridized carbons (Fsp3) is 0.533. The van der Waals surface area contributed by atoms with Gasteiger partial charge in [-0.15, -0.1) is 0 Å². The molecule has 0 radical (unpaired) electrons. The van der Waals surface area contributed by atoms with E-state index in [0.717, 1.165) is 19.3 Å². The molecule has 0 unspecified atom stereocenters. The van der Waals surface area contributed by atoms with E-state index in [0.29, 0.717) is 19.7 Å². The molecule has 114 valence electrons. The predicted octanol–water partition coefficient (Wildman–Crippen LogP) is 2.68. The summed E-state index contributed by atoms with van der Waals surface area (Å²) in [5.74, 6) is -0.354. The number of carbonyl (C=O) groups is 1. The van der Waals surface area contributed by atoms with Crippen LogP contribution in [0, 0.1) is 0 Å². The highest BCUT2D eigenvalue weighted by molar-refractivity contribution is 5.97. The molecule has 1 amide bonds. The van der Waals surface area contributed by atoms with Crippen LogP contribution in [0.3, 0.4) is 0 Å². The molecule has 1 saturated carbocycles. The zero-order valence-electron chi connectivity index (χ0n) is 11.6. The molecule has 1 aromatic carbocycles. The van der Waals surface area contributed by atoms with Crippen LogP contribution in [0.15, 0.2) is 24.3 Å². The van der Waals surface area contributed by atoms with Gasteiger partial charge in [-0.3, -0.25) is 4.79 Å². The first-order valence-corrected chi connectivity index (χ1v) is 7.07. The third-order valence-electron chi connectivity index (χ3n) is 4.13. The van der Waals surface area contributed by atoms with Crippen LogP contribution in [-0.4, -0.2) is 42.7 Å². The number of halogens is 2. The third kappa shape index (κ3) is 2.85. The summed E-state index contributed by atoms with van der Waals surface area (Å²) in [6, 6.07) is 6.12. The molecule has 1 aliphatic heterocycles. The molecule has 1 heterocycles. The van der Waals surface area contributed by atoms with Crippen LogP contribution >= 0.6 is 0 Å². The Kier molecular flexibility index (Phi) is 3.80. The quantitative estimate of drug-likeness (QED) is 0.861. The fourth-order valence-electron chi connectivity index (χ4n) is 2.90. The highest BCUT2D eigenvalue weighted by Crippen LogP contribution is 2.38. The molecule has 0 N–H and O–H groups in total. The van der Waals surface area contributed by atoms with Crippen LogP contribution < -0.4 is 4.74 Å². The third-order valence-corrected chi connectivity index (χ3v) is 4.13. The van der Waals surface area contributed by atoms with Gasteiger partial charge < -0.3 is 14.4 Å². The zero-order valence-corrected chi connectivity index (χ0v) is 11.6. The maximum absolute atomic E-state index is 12.6. The highest BCUT2D eigenvalue weighted by Gasteiger charge is 2.43. The van der Waals surface area contributed by atoms with Crippen molar-refractivity contribution in [1.29, 1.82) is 0 Å². The summed E-state index contributed by atoms with van der Waals surface area (Å²) >= 11 is 0. The van der Waals surface area contributed by atoms with Gasteiger partial charge in [-0.05, 0) is 31.4 Å². The van der Waals surface area contributed by atoms with Gasteiger partial charge in [0.15, 0.2) is 0 Å². The van der Waals surface area contributed by atoms with Crippen molar-refractivity contribution in [3.8, 4) is 5.75 Å². The monoisotopic (exact) mass is 297 g/mol. The number of benzene rings is 1. The Morgan fingerprint density at radius 3 is 2.76 bits per heavy atom. The Balaban J connectivity index is 1.78. The summed E-state index contributed by atoms with van der Waals surface area (Å²) < 4.78 is 35.1. The van der Waals surface area contributed by atoms with Crippen molar-refractivity contribution >= 4 is 5.91 Å². The van der Waals surface area contributed by atoms with Crippen LogP contribution in [0.25, 0.3) is 0 Å². The van der Waals surface area contributed by atoms with Crippen molar-refractivity contribution in [3.05, 3.63) is 29.8 Å². The number of ether oxygens (including phenoxy) is 2. The molecule has 0 bridgehead atoms. The van der Waals surface area contributed by atoms with Crippen LogP contribution in [0.4, 0.5) is 8.78 Å². The molecular formula is C15H17F2NO3. The summed E-state index contributed by atoms with van der Waals surface area (Å²) in [5.41, 5.74) is -0.0407. The molecule has 1 aromatic rings. The van der Waals surface area contributed by atoms with E-state index >= 15 is 0 Å². The van der Waals surface area contributed by atoms with Gasteiger partial charge in [-0.2, -0.15) is 8.78 Å². The Labute approximate surface area is 121 Å². The average molecular weight is 297 g/mol. The van der Waals surface area contributed by atoms with E-state index in [1.807, 2.05) is 0 Å². The lowest BCUT2D eigenvalue weighted by Gasteiger charge is -2.48. The van der Waals surface area contributed by atoms with E-state index in [2.05, 4.69) is 4.74 Å². The first-order valence-electron chi connectivity index (χ1n) is 7.07. The SMILES string of the molecule is O=C(c1ccccc1OC(F)F)N1CCOC2(CCC2)C1. The Bertz CT molecular complexity index is 531. The first-order chi connectivity index (χ1) is 10.1. The number of hydrogen-bond acceptors (Lipinski definition) is 3. The number of carbonyl (C=O) groups excluding carboxylic acids is 1. The molecule has 3 rings (SSSR count). The van der Waals surface area contributed by atoms with Gasteiger partial charge in [0.1, 0.15) is 5.75 Å². The van der Waals surface area contributed by atoms with Gasteiger partial charge in [-0.25, -0.2) is 0 Å². The van der Waals surface area contributed by atoms with Crippen molar-refractivity contribution in [2.45, 2.75) is 31.5 Å². The Morgan fingerprint density at radius 2 is 2.10 bits per heavy atom. The van der Waals surface area contributed by atoms with Crippen molar-refractivity contribution in [1.82, 2.24) is 4.90 Å². The fourth-order valence-corrected chi connectivity index (χ4v) is 2.90. The second-order valence-corrected chi connectivity index (χ2v) is 5.49. The lowest BCUT2D eigenvalue weighted by molar-refractivity contribution is -0.142. The van der Waals surface area contributed by atoms with Gasteiger partial charge in [0.25, 0.3) is 5.91 Å². The van der Waals surface area contributed by atoms with Crippen LogP contribution in [-0.2, 0) is 4.74 Å². The smallest absolute Gasteiger partial charge is 0.387 e. The number of nitrogens with zero attached hydrogens (tertiary/aromatic N) is 1. The molecule has 2 aliphatic rings. The molecule has 21 heavy (non-hydrogen) atoms. The molecule has 0 aromatic heterocycles. The summed E-state index contributed by atoms with van der Waals surface area (Å²) in [6.07, 6.45) is 3.00. The largest absolute Gasteiger partial charge is 0.434 e. The summed E-state index contributed by atoms with van der Waals surface area (Å²) in [7, 11) is 0. The first kappa shape index (κ1) is 14.3. The van der Waals surface area contributed by atoms with Gasteiger partial charge in [0.05, 0.1) is 24.3 Å². The number of amides is 1. The maximum atomic E-state index is 12.6. The van der Waals surface area contributed by atoms with Crippen molar-refractivity contribution in [2.24, 2.45) is 0 Å². The minimum Gasteiger partial charge on any atom is -0.434 e. The zero-order chi connectivity index (χ0) is 14.9. The van der Waals surface area contributed by atoms with Crippen LogP contribution in [0.1, 0.15) is 29.6 Å². The van der Waals surface area contributed by atoms with E-state index < -0.39 is 6.61 Å². The van der Waals surface area contributed by atoms with E-state index in [9.17, 15) is 13.6 Å². The molecule has 2 fully saturated rings. The molecule has 0 atom stereocenters. The molecule has 4 nitrogen and oxygen atoms in total. The van der Waals surface area contributed by atoms with E-state index in [-0.39, 0.29) is 22.8 Å². The number of morpholine rings is 1. The topological polar surface area (TPSA) is 38.8 Å². The van der Waals surface area contributed by atoms with Crippen molar-refractivity contribution < 1.29 is 23.0 Å². The number of para-hydroxylation sites is 1. The molecule has 1 spiro atoms. The molecule has 1 aliphatic carbocycles. The lowest BCUT2D eigenvalue weighted by atomic mass is 9.79. The second-order valence-electron chi connectivity index (χ2n) is 5.49. The Morgan fingerprint density at radius 1 is 1.33 bits per heavy atom. The summed E-state index contributed by atoms with van der Waals surface area (Å²) in [5, 5.41) is 0. The minimum atomic E-state index is -2.94. The highest BCUT2D eigenvalue weighted by atomic mass is 19.3. The van der Waals surface area contributed by atoms with Gasteiger partial charge >= 0.3 is 6.61 Å². The van der Waals surface area contributed by atoms with Crippen LogP contribution in [0.5, 0.6) is 5.75 Å². The Hall–Kier alpha value is -1.69. The maximum Gasteiger partial charge on any atom is 0.387 e. The normalized spacial score (nSPS) is 20.4. The van der Waals surface area contributed by atoms with E-state index in [4.69, 9.17) is 4.74 Å². The van der Waals surface area contributed by atoms with Gasteiger partial charge in [0, 0.05) is 6.54 Å². The van der Waals surface area contributed by atoms with Crippen molar-refractivity contribution in [2.75, 3.05) is 19.7 Å². The van der Waals surface area contributed by atoms with Gasteiger partial charge in [-0.1, -0.05) is 12.1 Å². The summed E-state index contributed by atoms with van der Waals surface area (Å²) in [4.78, 5) is 14.3. The molecule has 1 saturated heterocycles. The number of alkyl halides is 2. The van der Waals surface area contributed by atoms with E-state index in [1.165, 1.54) is 12.1 Å². The van der Waals surface area contributed by atoms with Crippen LogP contribution in [0.2, 0.25) is 0 Å². The summed E-state index contributed by atoms with van der Waals surface area (Å²) in [6.45, 7) is -1.45. The second kappa shape index (κ2) is 5.60.